The number of aryl methyl sites for hydroxylation is 1. The monoisotopic (exact) mass is 397 g/mol. The fourth-order valence-electron chi connectivity index (χ4n) is 4.90. The summed E-state index contributed by atoms with van der Waals surface area (Å²) in [7, 11) is 1.87. The van der Waals surface area contributed by atoms with Gasteiger partial charge in [-0.3, -0.25) is 9.59 Å². The van der Waals surface area contributed by atoms with Gasteiger partial charge < -0.3 is 14.4 Å². The van der Waals surface area contributed by atoms with E-state index in [0.717, 1.165) is 18.4 Å². The maximum absolute atomic E-state index is 14.0. The van der Waals surface area contributed by atoms with Gasteiger partial charge in [-0.15, -0.1) is 0 Å². The van der Waals surface area contributed by atoms with E-state index in [0.29, 0.717) is 31.7 Å². The van der Waals surface area contributed by atoms with Crippen LogP contribution in [0.1, 0.15) is 48.3 Å². The number of unbranched alkanes of at least 4 members (excludes halogenated alkanes) is 1. The second kappa shape index (κ2) is 8.01. The Labute approximate surface area is 171 Å². The van der Waals surface area contributed by atoms with Crippen LogP contribution in [0.25, 0.3) is 0 Å². The number of aromatic nitrogens is 1. The number of fused-ring (bicyclic) bond motifs is 1. The molecule has 29 heavy (non-hydrogen) atoms. The maximum Gasteiger partial charge on any atom is 0.270 e. The van der Waals surface area contributed by atoms with Crippen molar-refractivity contribution >= 4 is 11.8 Å². The molecule has 0 radical (unpaired) electrons. The van der Waals surface area contributed by atoms with Gasteiger partial charge >= 0.3 is 0 Å². The fourth-order valence-corrected chi connectivity index (χ4v) is 4.90. The Hall–Kier alpha value is -2.63. The van der Waals surface area contributed by atoms with E-state index >= 15 is 0 Å². The molecule has 1 aromatic heterocycles. The van der Waals surface area contributed by atoms with Crippen molar-refractivity contribution in [2.24, 2.45) is 18.9 Å². The summed E-state index contributed by atoms with van der Waals surface area (Å²) in [6, 6.07) is 10.1. The van der Waals surface area contributed by atoms with Crippen molar-refractivity contribution in [2.45, 2.75) is 32.2 Å². The van der Waals surface area contributed by atoms with E-state index in [-0.39, 0.29) is 35.5 Å². The second-order valence-corrected chi connectivity index (χ2v) is 8.29. The summed E-state index contributed by atoms with van der Waals surface area (Å²) in [5.74, 6) is 0.218. The van der Waals surface area contributed by atoms with E-state index in [1.807, 2.05) is 45.8 Å². The third-order valence-corrected chi connectivity index (χ3v) is 6.37. The zero-order valence-corrected chi connectivity index (χ0v) is 17.1. The van der Waals surface area contributed by atoms with Gasteiger partial charge in [0, 0.05) is 51.1 Å². The lowest BCUT2D eigenvalue weighted by molar-refractivity contribution is -0.132. The average molecular weight is 397 g/mol. The number of nitrogens with zero attached hydrogens (tertiary/aromatic N) is 3. The molecule has 5 nitrogen and oxygen atoms in total. The highest BCUT2D eigenvalue weighted by Crippen LogP contribution is 2.45. The Morgan fingerprint density at radius 2 is 1.97 bits per heavy atom. The number of hydrogen-bond acceptors (Lipinski definition) is 2. The summed E-state index contributed by atoms with van der Waals surface area (Å²) in [5, 5.41) is 0. The molecule has 1 aromatic carbocycles. The Balaban J connectivity index is 1.59. The SMILES string of the molecule is CCCCC(=O)N1C[C@@H]2CN(C(=O)c3cccn3C)C[C@@H]2[C@H]1c1cccc(F)c1. The first-order chi connectivity index (χ1) is 14.0. The van der Waals surface area contributed by atoms with Crippen LogP contribution in [0.4, 0.5) is 4.39 Å². The molecule has 3 atom stereocenters. The van der Waals surface area contributed by atoms with E-state index < -0.39 is 0 Å². The molecule has 4 rings (SSSR count). The summed E-state index contributed by atoms with van der Waals surface area (Å²) in [6.45, 7) is 3.93. The minimum atomic E-state index is -0.290. The van der Waals surface area contributed by atoms with Crippen LogP contribution in [-0.4, -0.2) is 45.8 Å². The molecule has 0 N–H and O–H groups in total. The fraction of sp³-hybridized carbons (Fsp3) is 0.478. The molecule has 2 aliphatic rings. The van der Waals surface area contributed by atoms with Gasteiger partial charge in [0.2, 0.25) is 5.91 Å². The minimum Gasteiger partial charge on any atom is -0.347 e. The van der Waals surface area contributed by atoms with Gasteiger partial charge in [0.15, 0.2) is 0 Å². The molecule has 154 valence electrons. The van der Waals surface area contributed by atoms with Crippen LogP contribution < -0.4 is 0 Å². The summed E-state index contributed by atoms with van der Waals surface area (Å²) in [5.41, 5.74) is 1.50. The minimum absolute atomic E-state index is 0.0220. The van der Waals surface area contributed by atoms with E-state index in [9.17, 15) is 14.0 Å². The van der Waals surface area contributed by atoms with Crippen molar-refractivity contribution in [3.63, 3.8) is 0 Å². The maximum atomic E-state index is 14.0. The first-order valence-corrected chi connectivity index (χ1v) is 10.4. The molecule has 0 saturated carbocycles. The number of hydrogen-bond donors (Lipinski definition) is 0. The molecular formula is C23H28FN3O2. The Kier molecular flexibility index (Phi) is 5.43. The van der Waals surface area contributed by atoms with Gasteiger partial charge in [0.25, 0.3) is 5.91 Å². The number of carbonyl (C=O) groups is 2. The highest BCUT2D eigenvalue weighted by molar-refractivity contribution is 5.93. The highest BCUT2D eigenvalue weighted by Gasteiger charge is 2.50. The smallest absolute Gasteiger partial charge is 0.270 e. The van der Waals surface area contributed by atoms with Crippen LogP contribution in [0, 0.1) is 17.7 Å². The molecule has 0 aliphatic carbocycles. The number of halogens is 1. The van der Waals surface area contributed by atoms with Crippen molar-refractivity contribution in [3.05, 3.63) is 59.7 Å². The number of likely N-dealkylation sites (tertiary alicyclic amines) is 2. The Bertz CT molecular complexity index is 909. The predicted molar refractivity (Wildman–Crippen MR) is 109 cm³/mol. The van der Waals surface area contributed by atoms with Crippen LogP contribution in [-0.2, 0) is 11.8 Å². The molecule has 0 bridgehead atoms. The lowest BCUT2D eigenvalue weighted by Crippen LogP contribution is -2.37. The highest BCUT2D eigenvalue weighted by atomic mass is 19.1. The van der Waals surface area contributed by atoms with E-state index in [2.05, 4.69) is 6.92 Å². The summed E-state index contributed by atoms with van der Waals surface area (Å²) >= 11 is 0. The van der Waals surface area contributed by atoms with E-state index in [1.54, 1.807) is 6.07 Å². The summed E-state index contributed by atoms with van der Waals surface area (Å²) < 4.78 is 15.8. The third-order valence-electron chi connectivity index (χ3n) is 6.37. The molecule has 2 saturated heterocycles. The Morgan fingerprint density at radius 3 is 2.66 bits per heavy atom. The largest absolute Gasteiger partial charge is 0.347 e. The van der Waals surface area contributed by atoms with Crippen molar-refractivity contribution < 1.29 is 14.0 Å². The standard InChI is InChI=1S/C23H28FN3O2/c1-3-4-10-21(28)27-14-17-13-26(23(29)20-9-6-11-25(20)2)15-19(17)22(27)16-7-5-8-18(24)12-16/h5-9,11-12,17,19,22H,3-4,10,13-15H2,1-2H3/t17-,19-,22+/m0/s1. The number of amides is 2. The molecule has 2 fully saturated rings. The van der Waals surface area contributed by atoms with Crippen molar-refractivity contribution in [1.82, 2.24) is 14.4 Å². The molecule has 2 aromatic rings. The lowest BCUT2D eigenvalue weighted by atomic mass is 9.89. The lowest BCUT2D eigenvalue weighted by Gasteiger charge is -2.30. The van der Waals surface area contributed by atoms with Crippen LogP contribution in [0.3, 0.4) is 0 Å². The summed E-state index contributed by atoms with van der Waals surface area (Å²) in [6.07, 6.45) is 4.22. The zero-order chi connectivity index (χ0) is 20.5. The molecule has 0 unspecified atom stereocenters. The molecule has 0 spiro atoms. The third kappa shape index (κ3) is 3.68. The average Bonchev–Trinajstić information content (AvgIpc) is 3.39. The molecule has 2 aliphatic heterocycles. The van der Waals surface area contributed by atoms with E-state index in [4.69, 9.17) is 0 Å². The first kappa shape index (κ1) is 19.7. The number of rotatable bonds is 5. The quantitative estimate of drug-likeness (QED) is 0.774. The van der Waals surface area contributed by atoms with Gasteiger partial charge in [-0.1, -0.05) is 25.5 Å². The number of benzene rings is 1. The van der Waals surface area contributed by atoms with E-state index in [1.165, 1.54) is 12.1 Å². The van der Waals surface area contributed by atoms with Crippen molar-refractivity contribution in [1.29, 1.82) is 0 Å². The topological polar surface area (TPSA) is 45.6 Å². The van der Waals surface area contributed by atoms with Gasteiger partial charge in [-0.05, 0) is 36.2 Å². The van der Waals surface area contributed by atoms with Gasteiger partial charge in [-0.25, -0.2) is 4.39 Å². The number of carbonyl (C=O) groups excluding carboxylic acids is 2. The summed E-state index contributed by atoms with van der Waals surface area (Å²) in [4.78, 5) is 29.7. The molecule has 6 heteroatoms. The van der Waals surface area contributed by atoms with Crippen LogP contribution in [0.5, 0.6) is 0 Å². The normalized spacial score (nSPS) is 23.5. The van der Waals surface area contributed by atoms with Crippen molar-refractivity contribution in [2.75, 3.05) is 19.6 Å². The predicted octanol–water partition coefficient (Wildman–Crippen LogP) is 3.63. The Morgan fingerprint density at radius 1 is 1.14 bits per heavy atom. The molecular weight excluding hydrogens is 369 g/mol. The molecule has 3 heterocycles. The van der Waals surface area contributed by atoms with Gasteiger partial charge in [-0.2, -0.15) is 0 Å². The second-order valence-electron chi connectivity index (χ2n) is 8.29. The zero-order valence-electron chi connectivity index (χ0n) is 17.1. The van der Waals surface area contributed by atoms with Gasteiger partial charge in [0.05, 0.1) is 6.04 Å². The van der Waals surface area contributed by atoms with Crippen molar-refractivity contribution in [3.8, 4) is 0 Å². The molecule has 2 amide bonds. The first-order valence-electron chi connectivity index (χ1n) is 10.4. The van der Waals surface area contributed by atoms with Crippen LogP contribution in [0.15, 0.2) is 42.6 Å². The van der Waals surface area contributed by atoms with Crippen LogP contribution >= 0.6 is 0 Å². The van der Waals surface area contributed by atoms with Gasteiger partial charge in [0.1, 0.15) is 11.5 Å². The van der Waals surface area contributed by atoms with Crippen LogP contribution in [0.2, 0.25) is 0 Å².